The molecular formula is C7H6N4O. The normalized spacial score (nSPS) is 21.0. The summed E-state index contributed by atoms with van der Waals surface area (Å²) in [5.74, 6) is 1.01. The molecule has 5 heteroatoms. The predicted molar refractivity (Wildman–Crippen MR) is 46.5 cm³/mol. The van der Waals surface area contributed by atoms with Crippen molar-refractivity contribution >= 4 is 29.1 Å². The molecule has 0 radical (unpaired) electrons. The van der Waals surface area contributed by atoms with Crippen molar-refractivity contribution in [1.29, 1.82) is 0 Å². The molecule has 0 saturated heterocycles. The maximum absolute atomic E-state index is 10.8. The van der Waals surface area contributed by atoms with Crippen molar-refractivity contribution in [3.8, 4) is 0 Å². The van der Waals surface area contributed by atoms with Gasteiger partial charge in [-0.15, -0.1) is 0 Å². The second-order valence-electron chi connectivity index (χ2n) is 2.53. The average Bonchev–Trinajstić information content (AvgIpc) is 2.29. The first-order valence-electron chi connectivity index (χ1n) is 3.49. The molecule has 0 fully saturated rings. The van der Waals surface area contributed by atoms with Gasteiger partial charge in [-0.25, -0.2) is 14.8 Å². The van der Waals surface area contributed by atoms with E-state index in [1.54, 1.807) is 13.8 Å². The van der Waals surface area contributed by atoms with E-state index in [4.69, 9.17) is 0 Å². The minimum Gasteiger partial charge on any atom is -0.244 e. The summed E-state index contributed by atoms with van der Waals surface area (Å²) in [6, 6.07) is -0.500. The molecule has 0 aromatic rings. The predicted octanol–water partition coefficient (Wildman–Crippen LogP) is 0.852. The van der Waals surface area contributed by atoms with E-state index in [1.807, 2.05) is 0 Å². The Kier molecular flexibility index (Phi) is 1.27. The Balaban J connectivity index is 2.54. The van der Waals surface area contributed by atoms with Gasteiger partial charge in [0.1, 0.15) is 11.5 Å². The standard InChI is InChI=1S/C7H6N4O/c1-3-5-6(10-4(2)9-5)11-7(12)8-3/h1-2H3. The van der Waals surface area contributed by atoms with Crippen LogP contribution in [0.15, 0.2) is 20.0 Å². The van der Waals surface area contributed by atoms with E-state index >= 15 is 0 Å². The van der Waals surface area contributed by atoms with Crippen LogP contribution in [0.5, 0.6) is 0 Å². The fourth-order valence-electron chi connectivity index (χ4n) is 1.08. The summed E-state index contributed by atoms with van der Waals surface area (Å²) >= 11 is 0. The van der Waals surface area contributed by atoms with Gasteiger partial charge in [0, 0.05) is 0 Å². The number of hydrogen-bond acceptors (Lipinski definition) is 3. The van der Waals surface area contributed by atoms with E-state index in [0.717, 1.165) is 0 Å². The lowest BCUT2D eigenvalue weighted by Gasteiger charge is -2.02. The molecule has 2 rings (SSSR count). The van der Waals surface area contributed by atoms with Crippen LogP contribution >= 0.6 is 0 Å². The number of amidine groups is 2. The van der Waals surface area contributed by atoms with Gasteiger partial charge in [0.25, 0.3) is 0 Å². The summed E-state index contributed by atoms with van der Waals surface area (Å²) < 4.78 is 0. The highest BCUT2D eigenvalue weighted by atomic mass is 16.2. The minimum absolute atomic E-state index is 0.394. The maximum Gasteiger partial charge on any atom is 0.369 e. The summed E-state index contributed by atoms with van der Waals surface area (Å²) in [7, 11) is 0. The topological polar surface area (TPSA) is 66.5 Å². The molecule has 2 heterocycles. The Bertz CT molecular complexity index is 380. The van der Waals surface area contributed by atoms with Gasteiger partial charge >= 0.3 is 6.03 Å². The van der Waals surface area contributed by atoms with Gasteiger partial charge in [-0.1, -0.05) is 0 Å². The second kappa shape index (κ2) is 2.17. The molecule has 5 nitrogen and oxygen atoms in total. The van der Waals surface area contributed by atoms with Gasteiger partial charge in [-0.05, 0) is 13.8 Å². The fourth-order valence-corrected chi connectivity index (χ4v) is 1.08. The Morgan fingerprint density at radius 3 is 2.50 bits per heavy atom. The van der Waals surface area contributed by atoms with Crippen molar-refractivity contribution in [3.05, 3.63) is 0 Å². The molecule has 60 valence electrons. The van der Waals surface area contributed by atoms with Gasteiger partial charge in [0.05, 0.1) is 5.71 Å². The highest BCUT2D eigenvalue weighted by Gasteiger charge is 2.23. The summed E-state index contributed by atoms with van der Waals surface area (Å²) in [5.41, 5.74) is 1.21. The number of aliphatic imine (C=N–C) groups is 4. The zero-order valence-electron chi connectivity index (χ0n) is 6.70. The Morgan fingerprint density at radius 1 is 1.00 bits per heavy atom. The van der Waals surface area contributed by atoms with E-state index in [2.05, 4.69) is 20.0 Å². The zero-order chi connectivity index (χ0) is 8.72. The quantitative estimate of drug-likeness (QED) is 0.520. The van der Waals surface area contributed by atoms with Gasteiger partial charge < -0.3 is 0 Å². The van der Waals surface area contributed by atoms with E-state index < -0.39 is 6.03 Å². The number of amides is 2. The number of nitrogens with zero attached hydrogens (tertiary/aromatic N) is 4. The number of hydrogen-bond donors (Lipinski definition) is 0. The molecule has 0 N–H and O–H groups in total. The lowest BCUT2D eigenvalue weighted by atomic mass is 10.2. The molecular weight excluding hydrogens is 156 g/mol. The van der Waals surface area contributed by atoms with Crippen LogP contribution in [-0.4, -0.2) is 29.1 Å². The van der Waals surface area contributed by atoms with Crippen molar-refractivity contribution in [1.82, 2.24) is 0 Å². The van der Waals surface area contributed by atoms with E-state index in [9.17, 15) is 4.79 Å². The fraction of sp³-hybridized carbons (Fsp3) is 0.286. The molecule has 2 aliphatic rings. The third-order valence-corrected chi connectivity index (χ3v) is 1.56. The smallest absolute Gasteiger partial charge is 0.244 e. The first-order valence-corrected chi connectivity index (χ1v) is 3.49. The molecule has 0 atom stereocenters. The minimum atomic E-state index is -0.500. The summed E-state index contributed by atoms with van der Waals surface area (Å²) in [6.07, 6.45) is 0. The third kappa shape index (κ3) is 0.903. The van der Waals surface area contributed by atoms with Crippen LogP contribution in [0, 0.1) is 0 Å². The van der Waals surface area contributed by atoms with Crippen molar-refractivity contribution in [2.45, 2.75) is 13.8 Å². The third-order valence-electron chi connectivity index (χ3n) is 1.56. The molecule has 2 aliphatic heterocycles. The summed E-state index contributed by atoms with van der Waals surface area (Å²) in [4.78, 5) is 26.1. The van der Waals surface area contributed by atoms with Crippen LogP contribution in [0.2, 0.25) is 0 Å². The number of urea groups is 1. The Labute approximate surface area is 68.7 Å². The molecule has 0 aromatic heterocycles. The SMILES string of the molecule is CC1=NC2=NC(=O)N=C(C)C2=N1. The number of fused-ring (bicyclic) bond motifs is 1. The lowest BCUT2D eigenvalue weighted by molar-refractivity contribution is 0.257. The first kappa shape index (κ1) is 7.02. The van der Waals surface area contributed by atoms with E-state index in [1.165, 1.54) is 0 Å². The average molecular weight is 162 g/mol. The summed E-state index contributed by atoms with van der Waals surface area (Å²) in [5, 5.41) is 0. The van der Waals surface area contributed by atoms with Gasteiger partial charge in [0.15, 0.2) is 5.84 Å². The number of carbonyl (C=O) groups excluding carboxylic acids is 1. The molecule has 0 aromatic carbocycles. The zero-order valence-corrected chi connectivity index (χ0v) is 6.70. The molecule has 0 spiro atoms. The van der Waals surface area contributed by atoms with E-state index in [0.29, 0.717) is 23.1 Å². The molecule has 0 unspecified atom stereocenters. The molecule has 12 heavy (non-hydrogen) atoms. The highest BCUT2D eigenvalue weighted by Crippen LogP contribution is 2.07. The van der Waals surface area contributed by atoms with Crippen molar-refractivity contribution in [2.75, 3.05) is 0 Å². The molecule has 0 aliphatic carbocycles. The molecule has 2 amide bonds. The van der Waals surface area contributed by atoms with Crippen molar-refractivity contribution in [2.24, 2.45) is 20.0 Å². The van der Waals surface area contributed by atoms with Crippen LogP contribution in [0.1, 0.15) is 13.8 Å². The van der Waals surface area contributed by atoms with Gasteiger partial charge in [-0.3, -0.25) is 0 Å². The van der Waals surface area contributed by atoms with Gasteiger partial charge in [-0.2, -0.15) is 9.98 Å². The second-order valence-corrected chi connectivity index (χ2v) is 2.53. The van der Waals surface area contributed by atoms with Crippen LogP contribution in [0.4, 0.5) is 4.79 Å². The first-order chi connectivity index (χ1) is 5.66. The van der Waals surface area contributed by atoms with Crippen molar-refractivity contribution < 1.29 is 4.79 Å². The maximum atomic E-state index is 10.8. The Hall–Kier alpha value is -1.65. The lowest BCUT2D eigenvalue weighted by Crippen LogP contribution is -2.23. The summed E-state index contributed by atoms with van der Waals surface area (Å²) in [6.45, 7) is 3.48. The van der Waals surface area contributed by atoms with Crippen LogP contribution in [-0.2, 0) is 0 Å². The molecule has 0 bridgehead atoms. The number of carbonyl (C=O) groups is 1. The number of rotatable bonds is 0. The van der Waals surface area contributed by atoms with E-state index in [-0.39, 0.29) is 0 Å². The van der Waals surface area contributed by atoms with Crippen LogP contribution in [0.3, 0.4) is 0 Å². The van der Waals surface area contributed by atoms with Crippen molar-refractivity contribution in [3.63, 3.8) is 0 Å². The van der Waals surface area contributed by atoms with Crippen LogP contribution < -0.4 is 0 Å². The van der Waals surface area contributed by atoms with Gasteiger partial charge in [0.2, 0.25) is 0 Å². The monoisotopic (exact) mass is 162 g/mol. The highest BCUT2D eigenvalue weighted by molar-refractivity contribution is 6.72. The molecule has 0 saturated carbocycles. The largest absolute Gasteiger partial charge is 0.369 e. The Morgan fingerprint density at radius 2 is 1.75 bits per heavy atom. The van der Waals surface area contributed by atoms with Crippen LogP contribution in [0.25, 0.3) is 0 Å².